The summed E-state index contributed by atoms with van der Waals surface area (Å²) in [5.41, 5.74) is 0.845. The van der Waals surface area contributed by atoms with Crippen molar-refractivity contribution >= 4 is 22.0 Å². The van der Waals surface area contributed by atoms with E-state index >= 15 is 0 Å². The maximum absolute atomic E-state index is 12.2. The summed E-state index contributed by atoms with van der Waals surface area (Å²) in [7, 11) is -3.69. The number of hydrogen-bond acceptors (Lipinski definition) is 4. The molecule has 1 aromatic heterocycles. The molecule has 0 unspecified atom stereocenters. The molecule has 1 aromatic rings. The normalized spacial score (nSPS) is 18.0. The van der Waals surface area contributed by atoms with Gasteiger partial charge in [-0.3, -0.25) is 14.6 Å². The van der Waals surface area contributed by atoms with E-state index in [2.05, 4.69) is 14.9 Å². The Morgan fingerprint density at radius 1 is 1.48 bits per heavy atom. The minimum absolute atomic E-state index is 0.202. The topological polar surface area (TPSA) is 115 Å². The molecule has 0 bridgehead atoms. The summed E-state index contributed by atoms with van der Waals surface area (Å²) in [5.74, 6) is -0.857. The van der Waals surface area contributed by atoms with Crippen LogP contribution >= 0.6 is 0 Å². The maximum Gasteiger partial charge on any atom is 0.306 e. The van der Waals surface area contributed by atoms with Gasteiger partial charge in [-0.05, 0) is 18.8 Å². The van der Waals surface area contributed by atoms with Crippen molar-refractivity contribution in [1.29, 1.82) is 0 Å². The lowest BCUT2D eigenvalue weighted by molar-refractivity contribution is -0.142. The molecule has 0 aromatic carbocycles. The Hall–Kier alpha value is -1.61. The van der Waals surface area contributed by atoms with E-state index in [1.807, 2.05) is 13.8 Å². The summed E-state index contributed by atoms with van der Waals surface area (Å²) in [4.78, 5) is 10.9. The minimum atomic E-state index is -3.69. The zero-order chi connectivity index (χ0) is 15.6. The van der Waals surface area contributed by atoms with Crippen molar-refractivity contribution in [1.82, 2.24) is 14.5 Å². The van der Waals surface area contributed by atoms with E-state index in [1.165, 1.54) is 4.31 Å². The number of rotatable bonds is 5. The van der Waals surface area contributed by atoms with Gasteiger partial charge in [-0.1, -0.05) is 13.8 Å². The van der Waals surface area contributed by atoms with Gasteiger partial charge >= 0.3 is 16.2 Å². The Morgan fingerprint density at radius 2 is 2.10 bits per heavy atom. The van der Waals surface area contributed by atoms with Gasteiger partial charge in [0.15, 0.2) is 5.82 Å². The summed E-state index contributed by atoms with van der Waals surface area (Å²) < 4.78 is 28.1. The number of aromatic amines is 1. The molecule has 0 aliphatic carbocycles. The molecule has 1 aliphatic rings. The number of piperidine rings is 1. The van der Waals surface area contributed by atoms with Crippen molar-refractivity contribution in [2.45, 2.75) is 32.6 Å². The Balaban J connectivity index is 2.00. The van der Waals surface area contributed by atoms with Crippen LogP contribution in [-0.4, -0.2) is 47.1 Å². The minimum Gasteiger partial charge on any atom is -0.481 e. The highest BCUT2D eigenvalue weighted by atomic mass is 32.2. The van der Waals surface area contributed by atoms with Gasteiger partial charge in [0, 0.05) is 24.8 Å². The summed E-state index contributed by atoms with van der Waals surface area (Å²) in [6.07, 6.45) is 0.655. The molecule has 118 valence electrons. The third kappa shape index (κ3) is 3.73. The Bertz CT molecular complexity index is 603. The maximum atomic E-state index is 12.2. The van der Waals surface area contributed by atoms with E-state index in [1.54, 1.807) is 6.07 Å². The van der Waals surface area contributed by atoms with Crippen LogP contribution in [0.1, 0.15) is 38.3 Å². The van der Waals surface area contributed by atoms with Crippen LogP contribution in [0.25, 0.3) is 0 Å². The smallest absolute Gasteiger partial charge is 0.306 e. The van der Waals surface area contributed by atoms with Crippen LogP contribution < -0.4 is 4.72 Å². The number of anilines is 1. The van der Waals surface area contributed by atoms with E-state index < -0.39 is 22.1 Å². The Kier molecular flexibility index (Phi) is 4.52. The molecule has 0 spiro atoms. The molecular formula is C12H20N4O4S. The van der Waals surface area contributed by atoms with Gasteiger partial charge in [0.2, 0.25) is 0 Å². The number of aromatic nitrogens is 2. The first-order chi connectivity index (χ1) is 9.79. The predicted octanol–water partition coefficient (Wildman–Crippen LogP) is 0.986. The second-order valence-electron chi connectivity index (χ2n) is 5.48. The average Bonchev–Trinajstić information content (AvgIpc) is 2.87. The highest BCUT2D eigenvalue weighted by molar-refractivity contribution is 7.90. The summed E-state index contributed by atoms with van der Waals surface area (Å²) in [6, 6.07) is 1.66. The Labute approximate surface area is 123 Å². The van der Waals surface area contributed by atoms with Gasteiger partial charge in [0.05, 0.1) is 5.92 Å². The van der Waals surface area contributed by atoms with Crippen LogP contribution in [0.5, 0.6) is 0 Å². The van der Waals surface area contributed by atoms with Crippen LogP contribution in [0.2, 0.25) is 0 Å². The highest BCUT2D eigenvalue weighted by Gasteiger charge is 2.31. The molecule has 3 N–H and O–H groups in total. The zero-order valence-electron chi connectivity index (χ0n) is 12.0. The molecule has 2 rings (SSSR count). The van der Waals surface area contributed by atoms with Crippen molar-refractivity contribution < 1.29 is 18.3 Å². The number of H-pyrrole nitrogens is 1. The monoisotopic (exact) mass is 316 g/mol. The van der Waals surface area contributed by atoms with E-state index in [0.717, 1.165) is 5.69 Å². The number of carbonyl (C=O) groups is 1. The van der Waals surface area contributed by atoms with E-state index in [9.17, 15) is 13.2 Å². The van der Waals surface area contributed by atoms with Gasteiger partial charge in [-0.15, -0.1) is 0 Å². The predicted molar refractivity (Wildman–Crippen MR) is 77.2 cm³/mol. The first-order valence-corrected chi connectivity index (χ1v) is 8.29. The molecule has 2 heterocycles. The van der Waals surface area contributed by atoms with Gasteiger partial charge in [0.25, 0.3) is 0 Å². The molecule has 8 nitrogen and oxygen atoms in total. The molecule has 1 aliphatic heterocycles. The molecule has 1 saturated heterocycles. The van der Waals surface area contributed by atoms with Crippen molar-refractivity contribution in [3.05, 3.63) is 11.8 Å². The van der Waals surface area contributed by atoms with Crippen molar-refractivity contribution in [2.24, 2.45) is 5.92 Å². The van der Waals surface area contributed by atoms with E-state index in [-0.39, 0.29) is 24.8 Å². The van der Waals surface area contributed by atoms with E-state index in [4.69, 9.17) is 5.11 Å². The summed E-state index contributed by atoms with van der Waals surface area (Å²) in [5, 5.41) is 15.6. The molecule has 1 fully saturated rings. The van der Waals surface area contributed by atoms with Crippen molar-refractivity contribution in [3.8, 4) is 0 Å². The fourth-order valence-electron chi connectivity index (χ4n) is 2.22. The largest absolute Gasteiger partial charge is 0.481 e. The first-order valence-electron chi connectivity index (χ1n) is 6.85. The lowest BCUT2D eigenvalue weighted by atomic mass is 9.99. The van der Waals surface area contributed by atoms with Crippen LogP contribution in [-0.2, 0) is 15.0 Å². The second-order valence-corrected chi connectivity index (χ2v) is 7.15. The van der Waals surface area contributed by atoms with Crippen LogP contribution in [0, 0.1) is 5.92 Å². The average molecular weight is 316 g/mol. The van der Waals surface area contributed by atoms with Crippen LogP contribution in [0.3, 0.4) is 0 Å². The number of nitrogens with one attached hydrogen (secondary N) is 2. The molecule has 21 heavy (non-hydrogen) atoms. The van der Waals surface area contributed by atoms with Crippen LogP contribution in [0.4, 0.5) is 5.82 Å². The van der Waals surface area contributed by atoms with E-state index in [0.29, 0.717) is 12.8 Å². The van der Waals surface area contributed by atoms with Gasteiger partial charge in [0.1, 0.15) is 0 Å². The third-order valence-corrected chi connectivity index (χ3v) is 5.11. The number of aliphatic carboxylic acids is 1. The van der Waals surface area contributed by atoms with Gasteiger partial charge < -0.3 is 5.11 Å². The molecular weight excluding hydrogens is 296 g/mol. The summed E-state index contributed by atoms with van der Waals surface area (Å²) in [6.45, 7) is 4.35. The fraction of sp³-hybridized carbons (Fsp3) is 0.667. The highest BCUT2D eigenvalue weighted by Crippen LogP contribution is 2.21. The Morgan fingerprint density at radius 3 is 2.57 bits per heavy atom. The van der Waals surface area contributed by atoms with Gasteiger partial charge in [-0.25, -0.2) is 0 Å². The number of nitrogens with zero attached hydrogens (tertiary/aromatic N) is 2. The SMILES string of the molecule is CC(C)c1cc(NS(=O)(=O)N2CCC(C(=O)O)CC2)n[nH]1. The third-order valence-electron chi connectivity index (χ3n) is 3.60. The number of hydrogen-bond donors (Lipinski definition) is 3. The second kappa shape index (κ2) is 6.02. The zero-order valence-corrected chi connectivity index (χ0v) is 12.9. The number of carboxylic acid groups (broad SMARTS) is 1. The molecule has 0 saturated carbocycles. The standard InChI is InChI=1S/C12H20N4O4S/c1-8(2)10-7-11(14-13-10)15-21(19,20)16-5-3-9(4-6-16)12(17)18/h7-9H,3-6H2,1-2H3,(H,17,18)(H2,13,14,15). The quantitative estimate of drug-likeness (QED) is 0.749. The van der Waals surface area contributed by atoms with Crippen LogP contribution in [0.15, 0.2) is 6.07 Å². The molecule has 0 radical (unpaired) electrons. The fourth-order valence-corrected chi connectivity index (χ4v) is 3.41. The van der Waals surface area contributed by atoms with Crippen molar-refractivity contribution in [3.63, 3.8) is 0 Å². The first kappa shape index (κ1) is 15.8. The molecule has 9 heteroatoms. The molecule has 0 amide bonds. The lowest BCUT2D eigenvalue weighted by Crippen LogP contribution is -2.43. The van der Waals surface area contributed by atoms with Crippen molar-refractivity contribution in [2.75, 3.05) is 17.8 Å². The summed E-state index contributed by atoms with van der Waals surface area (Å²) >= 11 is 0. The van der Waals surface area contributed by atoms with Gasteiger partial charge in [-0.2, -0.15) is 17.8 Å². The molecule has 0 atom stereocenters. The lowest BCUT2D eigenvalue weighted by Gasteiger charge is -2.28. The number of carboxylic acids is 1.